The number of ether oxygens (including phenoxy) is 1. The van der Waals surface area contributed by atoms with Crippen LogP contribution < -0.4 is 10.9 Å². The van der Waals surface area contributed by atoms with E-state index < -0.39 is 17.4 Å². The van der Waals surface area contributed by atoms with Gasteiger partial charge in [-0.05, 0) is 6.92 Å². The molecular formula is C11H11N3O4S. The van der Waals surface area contributed by atoms with E-state index in [4.69, 9.17) is 0 Å². The van der Waals surface area contributed by atoms with Gasteiger partial charge in [-0.3, -0.25) is 18.8 Å². The topological polar surface area (TPSA) is 89.8 Å². The molecule has 0 saturated carbocycles. The number of aromatic nitrogens is 2. The number of thiazole rings is 1. The van der Waals surface area contributed by atoms with Gasteiger partial charge in [-0.2, -0.15) is 0 Å². The summed E-state index contributed by atoms with van der Waals surface area (Å²) in [5.74, 6) is -1.20. The fourth-order valence-electron chi connectivity index (χ4n) is 1.44. The molecular weight excluding hydrogens is 270 g/mol. The molecule has 0 saturated heterocycles. The fourth-order valence-corrected chi connectivity index (χ4v) is 2.12. The monoisotopic (exact) mass is 281 g/mol. The summed E-state index contributed by atoms with van der Waals surface area (Å²) in [6.07, 6.45) is 2.74. The van der Waals surface area contributed by atoms with Gasteiger partial charge < -0.3 is 10.1 Å². The molecule has 8 heteroatoms. The molecule has 2 aromatic rings. The molecule has 0 aliphatic heterocycles. The van der Waals surface area contributed by atoms with Crippen molar-refractivity contribution in [1.82, 2.24) is 14.7 Å². The maximum atomic E-state index is 12.0. The Morgan fingerprint density at radius 1 is 1.53 bits per heavy atom. The normalized spacial score (nSPS) is 10.4. The van der Waals surface area contributed by atoms with Crippen LogP contribution in [-0.2, 0) is 9.53 Å². The Morgan fingerprint density at radius 2 is 2.32 bits per heavy atom. The van der Waals surface area contributed by atoms with Gasteiger partial charge in [0.25, 0.3) is 11.5 Å². The molecule has 19 heavy (non-hydrogen) atoms. The van der Waals surface area contributed by atoms with E-state index in [1.165, 1.54) is 28.1 Å². The Bertz CT molecular complexity index is 676. The number of carbonyl (C=O) groups excluding carboxylic acids is 2. The Morgan fingerprint density at radius 3 is 3.05 bits per heavy atom. The van der Waals surface area contributed by atoms with E-state index in [-0.39, 0.29) is 18.7 Å². The van der Waals surface area contributed by atoms with E-state index in [2.05, 4.69) is 15.0 Å². The van der Waals surface area contributed by atoms with Gasteiger partial charge in [-0.15, -0.1) is 11.3 Å². The molecule has 2 rings (SSSR count). The summed E-state index contributed by atoms with van der Waals surface area (Å²) in [5.41, 5.74) is -0.576. The largest absolute Gasteiger partial charge is 0.465 e. The van der Waals surface area contributed by atoms with Crippen molar-refractivity contribution < 1.29 is 14.3 Å². The van der Waals surface area contributed by atoms with Gasteiger partial charge in [-0.25, -0.2) is 4.98 Å². The van der Waals surface area contributed by atoms with Crippen molar-refractivity contribution in [1.29, 1.82) is 0 Å². The third-order valence-corrected chi connectivity index (χ3v) is 3.06. The van der Waals surface area contributed by atoms with Crippen molar-refractivity contribution in [2.75, 3.05) is 13.2 Å². The number of nitrogens with zero attached hydrogens (tertiary/aromatic N) is 2. The Labute approximate surface area is 111 Å². The van der Waals surface area contributed by atoms with Gasteiger partial charge in [0.1, 0.15) is 12.1 Å². The first-order valence-electron chi connectivity index (χ1n) is 5.52. The molecule has 0 unspecified atom stereocenters. The highest BCUT2D eigenvalue weighted by Gasteiger charge is 2.14. The van der Waals surface area contributed by atoms with Gasteiger partial charge in [0.2, 0.25) is 0 Å². The molecule has 0 radical (unpaired) electrons. The standard InChI is InChI=1S/C11H11N3O4S/c1-2-18-8(15)6-12-9(16)7-5-13-11-14(10(7)17)3-4-19-11/h3-5H,2,6H2,1H3,(H,12,16). The minimum Gasteiger partial charge on any atom is -0.465 e. The quantitative estimate of drug-likeness (QED) is 0.800. The van der Waals surface area contributed by atoms with E-state index >= 15 is 0 Å². The number of nitrogens with one attached hydrogen (secondary N) is 1. The predicted molar refractivity (Wildman–Crippen MR) is 68.3 cm³/mol. The van der Waals surface area contributed by atoms with Crippen LogP contribution >= 0.6 is 11.3 Å². The zero-order valence-electron chi connectivity index (χ0n) is 10.1. The SMILES string of the molecule is CCOC(=O)CNC(=O)c1cnc2sccn2c1=O. The number of fused-ring (bicyclic) bond motifs is 1. The van der Waals surface area contributed by atoms with Crippen molar-refractivity contribution in [2.24, 2.45) is 0 Å². The molecule has 2 aromatic heterocycles. The Hall–Kier alpha value is -2.22. The first-order valence-corrected chi connectivity index (χ1v) is 6.40. The van der Waals surface area contributed by atoms with E-state index in [1.807, 2.05) is 0 Å². The summed E-state index contributed by atoms with van der Waals surface area (Å²) in [5, 5.41) is 4.02. The molecule has 0 fully saturated rings. The molecule has 2 heterocycles. The van der Waals surface area contributed by atoms with Crippen molar-refractivity contribution in [3.05, 3.63) is 33.7 Å². The summed E-state index contributed by atoms with van der Waals surface area (Å²) in [4.78, 5) is 39.3. The van der Waals surface area contributed by atoms with Crippen LogP contribution in [0.4, 0.5) is 0 Å². The van der Waals surface area contributed by atoms with Crippen molar-refractivity contribution >= 4 is 28.2 Å². The molecule has 0 aromatic carbocycles. The lowest BCUT2D eigenvalue weighted by Gasteiger charge is -2.04. The van der Waals surface area contributed by atoms with E-state index in [0.717, 1.165) is 0 Å². The maximum Gasteiger partial charge on any atom is 0.325 e. The third-order valence-electron chi connectivity index (χ3n) is 2.29. The highest BCUT2D eigenvalue weighted by Crippen LogP contribution is 2.05. The number of rotatable bonds is 4. The van der Waals surface area contributed by atoms with Crippen LogP contribution in [0, 0.1) is 0 Å². The van der Waals surface area contributed by atoms with Gasteiger partial charge in [0.05, 0.1) is 6.61 Å². The zero-order valence-corrected chi connectivity index (χ0v) is 10.9. The van der Waals surface area contributed by atoms with Crippen LogP contribution in [-0.4, -0.2) is 34.4 Å². The minimum atomic E-state index is -0.647. The average Bonchev–Trinajstić information content (AvgIpc) is 2.86. The van der Waals surface area contributed by atoms with E-state index in [9.17, 15) is 14.4 Å². The van der Waals surface area contributed by atoms with Crippen molar-refractivity contribution in [3.8, 4) is 0 Å². The van der Waals surface area contributed by atoms with E-state index in [1.54, 1.807) is 12.3 Å². The number of hydrogen-bond donors (Lipinski definition) is 1. The second-order valence-electron chi connectivity index (χ2n) is 3.52. The van der Waals surface area contributed by atoms with Crippen LogP contribution in [0.2, 0.25) is 0 Å². The highest BCUT2D eigenvalue weighted by atomic mass is 32.1. The summed E-state index contributed by atoms with van der Waals surface area (Å²) in [6, 6.07) is 0. The van der Waals surface area contributed by atoms with Gasteiger partial charge in [0.15, 0.2) is 4.96 Å². The molecule has 100 valence electrons. The lowest BCUT2D eigenvalue weighted by molar-refractivity contribution is -0.141. The maximum absolute atomic E-state index is 12.0. The summed E-state index contributed by atoms with van der Waals surface area (Å²) in [6.45, 7) is 1.62. The molecule has 7 nitrogen and oxygen atoms in total. The summed E-state index contributed by atoms with van der Waals surface area (Å²) >= 11 is 1.29. The van der Waals surface area contributed by atoms with Crippen molar-refractivity contribution in [2.45, 2.75) is 6.92 Å². The van der Waals surface area contributed by atoms with Crippen LogP contribution in [0.15, 0.2) is 22.6 Å². The first-order chi connectivity index (χ1) is 9.13. The molecule has 1 N–H and O–H groups in total. The third kappa shape index (κ3) is 2.79. The molecule has 0 bridgehead atoms. The molecule has 0 atom stereocenters. The number of amides is 1. The van der Waals surface area contributed by atoms with Gasteiger partial charge in [-0.1, -0.05) is 0 Å². The number of carbonyl (C=O) groups is 2. The van der Waals surface area contributed by atoms with Crippen LogP contribution in [0.5, 0.6) is 0 Å². The van der Waals surface area contributed by atoms with Gasteiger partial charge in [0, 0.05) is 17.8 Å². The smallest absolute Gasteiger partial charge is 0.325 e. The van der Waals surface area contributed by atoms with Crippen LogP contribution in [0.3, 0.4) is 0 Å². The minimum absolute atomic E-state index is 0.111. The number of esters is 1. The van der Waals surface area contributed by atoms with Crippen LogP contribution in [0.1, 0.15) is 17.3 Å². The molecule has 1 amide bonds. The Balaban J connectivity index is 2.15. The molecule has 0 spiro atoms. The Kier molecular flexibility index (Phi) is 3.91. The average molecular weight is 281 g/mol. The molecule has 0 aliphatic carbocycles. The second-order valence-corrected chi connectivity index (χ2v) is 4.39. The first kappa shape index (κ1) is 13.2. The van der Waals surface area contributed by atoms with Crippen molar-refractivity contribution in [3.63, 3.8) is 0 Å². The fraction of sp³-hybridized carbons (Fsp3) is 0.273. The van der Waals surface area contributed by atoms with Gasteiger partial charge >= 0.3 is 5.97 Å². The lowest BCUT2D eigenvalue weighted by Crippen LogP contribution is -2.35. The van der Waals surface area contributed by atoms with Crippen LogP contribution in [0.25, 0.3) is 4.96 Å². The zero-order chi connectivity index (χ0) is 13.8. The predicted octanol–water partition coefficient (Wildman–Crippen LogP) is 0.0489. The van der Waals surface area contributed by atoms with E-state index in [0.29, 0.717) is 4.96 Å². The number of hydrogen-bond acceptors (Lipinski definition) is 6. The molecule has 0 aliphatic rings. The lowest BCUT2D eigenvalue weighted by atomic mass is 10.3. The second kappa shape index (κ2) is 5.61. The highest BCUT2D eigenvalue weighted by molar-refractivity contribution is 7.15. The summed E-state index contributed by atoms with van der Waals surface area (Å²) in [7, 11) is 0. The summed E-state index contributed by atoms with van der Waals surface area (Å²) < 4.78 is 5.95.